The molecule has 1 aliphatic carbocycles. The van der Waals surface area contributed by atoms with Gasteiger partial charge in [0.15, 0.2) is 0 Å². The molecule has 0 fully saturated rings. The van der Waals surface area contributed by atoms with E-state index in [1.54, 1.807) is 0 Å². The highest BCUT2D eigenvalue weighted by Crippen LogP contribution is 2.39. The van der Waals surface area contributed by atoms with Crippen LogP contribution in [-0.4, -0.2) is 30.6 Å². The van der Waals surface area contributed by atoms with Gasteiger partial charge < -0.3 is 9.64 Å². The lowest BCUT2D eigenvalue weighted by Crippen LogP contribution is -2.39. The highest BCUT2D eigenvalue weighted by atomic mass is 16.5. The summed E-state index contributed by atoms with van der Waals surface area (Å²) in [6.45, 7) is 6.09. The first-order valence-electron chi connectivity index (χ1n) is 6.57. The number of carbonyl (C=O) groups is 1. The van der Waals surface area contributed by atoms with E-state index in [1.807, 2.05) is 31.1 Å². The lowest BCUT2D eigenvalue weighted by Gasteiger charge is -2.29. The van der Waals surface area contributed by atoms with Crippen LogP contribution >= 0.6 is 0 Å². The summed E-state index contributed by atoms with van der Waals surface area (Å²) in [6.07, 6.45) is 9.14. The van der Waals surface area contributed by atoms with E-state index in [9.17, 15) is 4.79 Å². The van der Waals surface area contributed by atoms with Gasteiger partial charge in [-0.1, -0.05) is 6.08 Å². The molecule has 0 aromatic rings. The number of nitrogens with zero attached hydrogens (tertiary/aromatic N) is 1. The van der Waals surface area contributed by atoms with Gasteiger partial charge >= 0.3 is 5.97 Å². The Morgan fingerprint density at radius 1 is 1.61 bits per heavy atom. The molecule has 0 spiro atoms. The minimum absolute atomic E-state index is 0.129. The van der Waals surface area contributed by atoms with E-state index in [2.05, 4.69) is 12.7 Å². The Morgan fingerprint density at radius 3 is 3.06 bits per heavy atom. The molecular formula is C15H21NO2. The van der Waals surface area contributed by atoms with Gasteiger partial charge in [0.1, 0.15) is 6.04 Å². The average Bonchev–Trinajstić information content (AvgIpc) is 2.72. The van der Waals surface area contributed by atoms with Crippen molar-refractivity contribution in [1.29, 1.82) is 0 Å². The molecular weight excluding hydrogens is 226 g/mol. The predicted molar refractivity (Wildman–Crippen MR) is 71.9 cm³/mol. The van der Waals surface area contributed by atoms with Crippen molar-refractivity contribution in [3.8, 4) is 0 Å². The summed E-state index contributed by atoms with van der Waals surface area (Å²) < 4.78 is 5.19. The van der Waals surface area contributed by atoms with Crippen LogP contribution in [0.1, 0.15) is 26.2 Å². The monoisotopic (exact) mass is 247 g/mol. The fourth-order valence-corrected chi connectivity index (χ4v) is 2.89. The number of allylic oxidation sites excluding steroid dienone is 3. The van der Waals surface area contributed by atoms with Gasteiger partial charge in [-0.2, -0.15) is 0 Å². The van der Waals surface area contributed by atoms with E-state index in [0.717, 1.165) is 19.3 Å². The number of likely N-dealkylation sites (N-methyl/N-ethyl adjacent to an activating group) is 1. The third-order valence-corrected chi connectivity index (χ3v) is 3.69. The number of hydrogen-bond donors (Lipinski definition) is 0. The quantitative estimate of drug-likeness (QED) is 0.565. The SMILES string of the molecule is C=CCC1CC2=C(C1)C(C(=O)OCC)N(C)C=C2. The summed E-state index contributed by atoms with van der Waals surface area (Å²) in [4.78, 5) is 14.0. The van der Waals surface area contributed by atoms with Crippen molar-refractivity contribution in [1.82, 2.24) is 4.90 Å². The maximum absolute atomic E-state index is 12.1. The highest BCUT2D eigenvalue weighted by molar-refractivity contribution is 5.81. The molecule has 1 heterocycles. The zero-order valence-corrected chi connectivity index (χ0v) is 11.2. The molecule has 18 heavy (non-hydrogen) atoms. The van der Waals surface area contributed by atoms with Crippen LogP contribution in [0.25, 0.3) is 0 Å². The second-order valence-corrected chi connectivity index (χ2v) is 4.98. The van der Waals surface area contributed by atoms with Crippen molar-refractivity contribution in [2.45, 2.75) is 32.2 Å². The largest absolute Gasteiger partial charge is 0.464 e. The summed E-state index contributed by atoms with van der Waals surface area (Å²) in [5, 5.41) is 0. The van der Waals surface area contributed by atoms with Crippen molar-refractivity contribution in [2.24, 2.45) is 5.92 Å². The van der Waals surface area contributed by atoms with E-state index >= 15 is 0 Å². The Balaban J connectivity index is 2.17. The van der Waals surface area contributed by atoms with Crippen LogP contribution in [0.5, 0.6) is 0 Å². The Labute approximate surface area is 109 Å². The zero-order valence-electron chi connectivity index (χ0n) is 11.2. The third kappa shape index (κ3) is 2.35. The van der Waals surface area contributed by atoms with Crippen molar-refractivity contribution < 1.29 is 9.53 Å². The molecule has 2 aliphatic rings. The molecule has 0 bridgehead atoms. The van der Waals surface area contributed by atoms with Gasteiger partial charge in [-0.25, -0.2) is 4.79 Å². The molecule has 2 rings (SSSR count). The summed E-state index contributed by atoms with van der Waals surface area (Å²) in [5.41, 5.74) is 2.56. The standard InChI is InChI=1S/C15H21NO2/c1-4-6-11-9-12-7-8-16(3)14(13(12)10-11)15(17)18-5-2/h4,7-8,11,14H,1,5-6,9-10H2,2-3H3. The Kier molecular flexibility index (Phi) is 3.90. The fraction of sp³-hybridized carbons (Fsp3) is 0.533. The second kappa shape index (κ2) is 5.42. The van der Waals surface area contributed by atoms with Crippen LogP contribution in [0.3, 0.4) is 0 Å². The minimum Gasteiger partial charge on any atom is -0.464 e. The first kappa shape index (κ1) is 12.9. The Bertz CT molecular complexity index is 409. The summed E-state index contributed by atoms with van der Waals surface area (Å²) in [7, 11) is 1.93. The first-order chi connectivity index (χ1) is 8.67. The average molecular weight is 247 g/mol. The summed E-state index contributed by atoms with van der Waals surface area (Å²) >= 11 is 0. The molecule has 98 valence electrons. The van der Waals surface area contributed by atoms with Crippen molar-refractivity contribution in [2.75, 3.05) is 13.7 Å². The lowest BCUT2D eigenvalue weighted by molar-refractivity contribution is -0.146. The van der Waals surface area contributed by atoms with Crippen LogP contribution in [0.2, 0.25) is 0 Å². The zero-order chi connectivity index (χ0) is 13.1. The molecule has 0 radical (unpaired) electrons. The predicted octanol–water partition coefficient (Wildman–Crippen LogP) is 2.66. The summed E-state index contributed by atoms with van der Waals surface area (Å²) in [5.74, 6) is 0.469. The van der Waals surface area contributed by atoms with E-state index in [1.165, 1.54) is 11.1 Å². The van der Waals surface area contributed by atoms with Gasteiger partial charge in [0.25, 0.3) is 0 Å². The van der Waals surface area contributed by atoms with E-state index < -0.39 is 0 Å². The van der Waals surface area contributed by atoms with Crippen molar-refractivity contribution >= 4 is 5.97 Å². The molecule has 0 saturated heterocycles. The van der Waals surface area contributed by atoms with Gasteiger partial charge in [-0.15, -0.1) is 6.58 Å². The van der Waals surface area contributed by atoms with E-state index in [-0.39, 0.29) is 12.0 Å². The van der Waals surface area contributed by atoms with E-state index in [0.29, 0.717) is 12.5 Å². The van der Waals surface area contributed by atoms with Gasteiger partial charge in [0.2, 0.25) is 0 Å². The molecule has 0 aromatic heterocycles. The molecule has 0 saturated carbocycles. The molecule has 0 amide bonds. The number of esters is 1. The van der Waals surface area contributed by atoms with Gasteiger partial charge in [0.05, 0.1) is 6.61 Å². The van der Waals surface area contributed by atoms with Crippen LogP contribution in [0, 0.1) is 5.92 Å². The van der Waals surface area contributed by atoms with Crippen LogP contribution in [-0.2, 0) is 9.53 Å². The van der Waals surface area contributed by atoms with Crippen molar-refractivity contribution in [3.63, 3.8) is 0 Å². The van der Waals surface area contributed by atoms with Gasteiger partial charge in [0, 0.05) is 13.2 Å². The normalized spacial score (nSPS) is 26.2. The molecule has 2 atom stereocenters. The summed E-state index contributed by atoms with van der Waals surface area (Å²) in [6, 6.07) is -0.222. The first-order valence-corrected chi connectivity index (χ1v) is 6.57. The lowest BCUT2D eigenvalue weighted by atomic mass is 9.97. The second-order valence-electron chi connectivity index (χ2n) is 4.98. The Hall–Kier alpha value is -1.51. The fourth-order valence-electron chi connectivity index (χ4n) is 2.89. The Morgan fingerprint density at radius 2 is 2.39 bits per heavy atom. The van der Waals surface area contributed by atoms with Crippen LogP contribution in [0.15, 0.2) is 36.1 Å². The number of carbonyl (C=O) groups excluding carboxylic acids is 1. The van der Waals surface area contributed by atoms with Crippen molar-refractivity contribution in [3.05, 3.63) is 36.1 Å². The van der Waals surface area contributed by atoms with Gasteiger partial charge in [-0.3, -0.25) is 0 Å². The van der Waals surface area contributed by atoms with Gasteiger partial charge in [-0.05, 0) is 49.3 Å². The minimum atomic E-state index is -0.222. The van der Waals surface area contributed by atoms with Crippen LogP contribution < -0.4 is 0 Å². The number of hydrogen-bond acceptors (Lipinski definition) is 3. The smallest absolute Gasteiger partial charge is 0.333 e. The molecule has 2 unspecified atom stereocenters. The molecule has 3 nitrogen and oxygen atoms in total. The number of rotatable bonds is 4. The molecule has 3 heteroatoms. The third-order valence-electron chi connectivity index (χ3n) is 3.69. The maximum Gasteiger partial charge on any atom is 0.333 e. The topological polar surface area (TPSA) is 29.5 Å². The van der Waals surface area contributed by atoms with E-state index in [4.69, 9.17) is 4.74 Å². The maximum atomic E-state index is 12.1. The number of ether oxygens (including phenoxy) is 1. The highest BCUT2D eigenvalue weighted by Gasteiger charge is 2.36. The van der Waals surface area contributed by atoms with Crippen LogP contribution in [0.4, 0.5) is 0 Å². The molecule has 1 aliphatic heterocycles. The molecule has 0 aromatic carbocycles. The molecule has 0 N–H and O–H groups in total.